The van der Waals surface area contributed by atoms with E-state index in [-0.39, 0.29) is 18.4 Å². The van der Waals surface area contributed by atoms with Gasteiger partial charge in [0, 0.05) is 12.4 Å². The molecule has 0 aliphatic heterocycles. The second-order valence-electron chi connectivity index (χ2n) is 6.21. The summed E-state index contributed by atoms with van der Waals surface area (Å²) in [6, 6.07) is 11.5. The van der Waals surface area contributed by atoms with Gasteiger partial charge in [-0.1, -0.05) is 17.7 Å². The molecular formula is C20H22N2O3S. The first-order valence-electron chi connectivity index (χ1n) is 8.44. The summed E-state index contributed by atoms with van der Waals surface area (Å²) in [6.07, 6.45) is 1.88. The topological polar surface area (TPSA) is 55.6 Å². The lowest BCUT2D eigenvalue weighted by molar-refractivity contribution is -0.131. The van der Waals surface area contributed by atoms with Crippen LogP contribution in [0.2, 0.25) is 0 Å². The zero-order chi connectivity index (χ0) is 18.5. The van der Waals surface area contributed by atoms with E-state index >= 15 is 0 Å². The molecule has 5 nitrogen and oxygen atoms in total. The van der Waals surface area contributed by atoms with Gasteiger partial charge in [0.15, 0.2) is 0 Å². The van der Waals surface area contributed by atoms with Crippen molar-refractivity contribution >= 4 is 17.2 Å². The molecular weight excluding hydrogens is 348 g/mol. The Bertz CT molecular complexity index is 840. The van der Waals surface area contributed by atoms with E-state index < -0.39 is 0 Å². The average Bonchev–Trinajstić information content (AvgIpc) is 3.32. The molecule has 0 saturated carbocycles. The van der Waals surface area contributed by atoms with E-state index in [9.17, 15) is 4.79 Å². The zero-order valence-electron chi connectivity index (χ0n) is 15.1. The molecule has 0 bridgehead atoms. The number of hydrogen-bond donors (Lipinski definition) is 0. The normalized spacial score (nSPS) is 12.0. The third-order valence-corrected chi connectivity index (χ3v) is 5.12. The van der Waals surface area contributed by atoms with Gasteiger partial charge in [-0.25, -0.2) is 4.98 Å². The highest BCUT2D eigenvalue weighted by molar-refractivity contribution is 7.09. The van der Waals surface area contributed by atoms with Crippen molar-refractivity contribution in [3.05, 3.63) is 70.1 Å². The number of furan rings is 1. The minimum absolute atomic E-state index is 0.00482. The van der Waals surface area contributed by atoms with E-state index in [2.05, 4.69) is 4.98 Å². The number of rotatable bonds is 7. The Labute approximate surface area is 157 Å². The van der Waals surface area contributed by atoms with E-state index in [1.807, 2.05) is 55.6 Å². The Morgan fingerprint density at radius 1 is 1.31 bits per heavy atom. The quantitative estimate of drug-likeness (QED) is 0.619. The summed E-state index contributed by atoms with van der Waals surface area (Å²) in [6.45, 7) is 4.39. The van der Waals surface area contributed by atoms with Crippen molar-refractivity contribution in [2.75, 3.05) is 7.05 Å². The number of thiazole rings is 1. The lowest BCUT2D eigenvalue weighted by atomic mass is 10.2. The lowest BCUT2D eigenvalue weighted by Crippen LogP contribution is -2.30. The summed E-state index contributed by atoms with van der Waals surface area (Å²) in [4.78, 5) is 18.7. The molecule has 26 heavy (non-hydrogen) atoms. The predicted molar refractivity (Wildman–Crippen MR) is 101 cm³/mol. The maximum atomic E-state index is 12.5. The van der Waals surface area contributed by atoms with Gasteiger partial charge in [0.2, 0.25) is 5.91 Å². The van der Waals surface area contributed by atoms with Gasteiger partial charge >= 0.3 is 0 Å². The van der Waals surface area contributed by atoms with Crippen LogP contribution in [0.15, 0.2) is 52.5 Å². The summed E-state index contributed by atoms with van der Waals surface area (Å²) in [5, 5.41) is 2.77. The van der Waals surface area contributed by atoms with Gasteiger partial charge in [-0.05, 0) is 38.1 Å². The monoisotopic (exact) mass is 370 g/mol. The van der Waals surface area contributed by atoms with Gasteiger partial charge in [-0.15, -0.1) is 11.3 Å². The first-order chi connectivity index (χ1) is 12.5. The molecule has 0 N–H and O–H groups in total. The molecule has 0 fully saturated rings. The highest BCUT2D eigenvalue weighted by Crippen LogP contribution is 2.21. The average molecular weight is 370 g/mol. The van der Waals surface area contributed by atoms with E-state index in [1.165, 1.54) is 16.9 Å². The second kappa shape index (κ2) is 8.19. The highest BCUT2D eigenvalue weighted by atomic mass is 32.1. The van der Waals surface area contributed by atoms with Crippen LogP contribution in [0.1, 0.15) is 35.0 Å². The van der Waals surface area contributed by atoms with Crippen LogP contribution in [-0.4, -0.2) is 22.8 Å². The summed E-state index contributed by atoms with van der Waals surface area (Å²) < 4.78 is 11.1. The second-order valence-corrected chi connectivity index (χ2v) is 7.15. The summed E-state index contributed by atoms with van der Waals surface area (Å²) >= 11 is 1.51. The number of amides is 1. The van der Waals surface area contributed by atoms with Crippen molar-refractivity contribution in [3.63, 3.8) is 0 Å². The number of carbonyl (C=O) groups is 1. The molecule has 136 valence electrons. The minimum Gasteiger partial charge on any atom is -0.486 e. The van der Waals surface area contributed by atoms with Gasteiger partial charge in [0.25, 0.3) is 0 Å². The predicted octanol–water partition coefficient (Wildman–Crippen LogP) is 4.39. The summed E-state index contributed by atoms with van der Waals surface area (Å²) in [5.74, 6) is 1.59. The smallest absolute Gasteiger partial charge is 0.228 e. The molecule has 6 heteroatoms. The number of benzene rings is 1. The summed E-state index contributed by atoms with van der Waals surface area (Å²) in [5.41, 5.74) is 1.96. The van der Waals surface area contributed by atoms with Crippen LogP contribution in [-0.2, 0) is 17.8 Å². The fourth-order valence-corrected chi connectivity index (χ4v) is 3.20. The Morgan fingerprint density at radius 3 is 2.77 bits per heavy atom. The van der Waals surface area contributed by atoms with E-state index in [0.29, 0.717) is 6.61 Å². The number of nitrogens with zero attached hydrogens (tertiary/aromatic N) is 2. The van der Waals surface area contributed by atoms with Crippen LogP contribution < -0.4 is 4.74 Å². The van der Waals surface area contributed by atoms with E-state index in [1.54, 1.807) is 18.2 Å². The standard InChI is InChI=1S/C20H22N2O3S/c1-14-6-8-17(9-7-14)25-12-19-21-16(13-26-19)11-20(23)22(3)15(2)18-5-4-10-24-18/h4-10,13,15H,11-12H2,1-3H3. The van der Waals surface area contributed by atoms with E-state index in [4.69, 9.17) is 9.15 Å². The highest BCUT2D eigenvalue weighted by Gasteiger charge is 2.20. The van der Waals surface area contributed by atoms with Crippen molar-refractivity contribution in [2.24, 2.45) is 0 Å². The molecule has 3 rings (SSSR count). The van der Waals surface area contributed by atoms with Gasteiger partial charge in [0.05, 0.1) is 24.4 Å². The molecule has 0 spiro atoms. The Morgan fingerprint density at radius 2 is 2.08 bits per heavy atom. The van der Waals surface area contributed by atoms with Crippen LogP contribution in [0.5, 0.6) is 5.75 Å². The van der Waals surface area contributed by atoms with Gasteiger partial charge in [-0.3, -0.25) is 4.79 Å². The molecule has 3 aromatic rings. The van der Waals surface area contributed by atoms with Crippen molar-refractivity contribution in [1.82, 2.24) is 9.88 Å². The molecule has 1 atom stereocenters. The first kappa shape index (κ1) is 18.2. The number of carbonyl (C=O) groups excluding carboxylic acids is 1. The number of likely N-dealkylation sites (N-methyl/N-ethyl adjacent to an activating group) is 1. The number of aromatic nitrogens is 1. The fourth-order valence-electron chi connectivity index (χ4n) is 2.49. The minimum atomic E-state index is -0.111. The Kier molecular flexibility index (Phi) is 5.73. The van der Waals surface area contributed by atoms with Gasteiger partial charge < -0.3 is 14.1 Å². The van der Waals surface area contributed by atoms with E-state index in [0.717, 1.165) is 22.2 Å². The van der Waals surface area contributed by atoms with Gasteiger partial charge in [-0.2, -0.15) is 0 Å². The molecule has 1 amide bonds. The van der Waals surface area contributed by atoms with Crippen LogP contribution in [0, 0.1) is 6.92 Å². The van der Waals surface area contributed by atoms with Crippen molar-refractivity contribution in [2.45, 2.75) is 32.9 Å². The van der Waals surface area contributed by atoms with Crippen molar-refractivity contribution in [3.8, 4) is 5.75 Å². The summed E-state index contributed by atoms with van der Waals surface area (Å²) in [7, 11) is 1.78. The number of hydrogen-bond acceptors (Lipinski definition) is 5. The van der Waals surface area contributed by atoms with Gasteiger partial charge in [0.1, 0.15) is 23.1 Å². The van der Waals surface area contributed by atoms with Crippen molar-refractivity contribution in [1.29, 1.82) is 0 Å². The molecule has 1 unspecified atom stereocenters. The molecule has 0 aliphatic rings. The fraction of sp³-hybridized carbons (Fsp3) is 0.300. The molecule has 2 heterocycles. The molecule has 0 saturated heterocycles. The van der Waals surface area contributed by atoms with Crippen LogP contribution in [0.4, 0.5) is 0 Å². The van der Waals surface area contributed by atoms with Crippen LogP contribution in [0.25, 0.3) is 0 Å². The number of aryl methyl sites for hydroxylation is 1. The van der Waals surface area contributed by atoms with Crippen LogP contribution in [0.3, 0.4) is 0 Å². The van der Waals surface area contributed by atoms with Crippen LogP contribution >= 0.6 is 11.3 Å². The number of ether oxygens (including phenoxy) is 1. The SMILES string of the molecule is Cc1ccc(OCc2nc(CC(=O)N(C)C(C)c3ccco3)cs2)cc1. The van der Waals surface area contributed by atoms with Crippen molar-refractivity contribution < 1.29 is 13.9 Å². The Balaban J connectivity index is 1.54. The first-order valence-corrected chi connectivity index (χ1v) is 9.32. The molecule has 0 aliphatic carbocycles. The molecule has 0 radical (unpaired) electrons. The largest absolute Gasteiger partial charge is 0.486 e. The molecule has 2 aromatic heterocycles. The third-order valence-electron chi connectivity index (χ3n) is 4.24. The maximum Gasteiger partial charge on any atom is 0.228 e. The lowest BCUT2D eigenvalue weighted by Gasteiger charge is -2.23. The Hall–Kier alpha value is -2.60. The maximum absolute atomic E-state index is 12.5. The zero-order valence-corrected chi connectivity index (χ0v) is 16.0. The molecule has 1 aromatic carbocycles. The third kappa shape index (κ3) is 4.52.